The van der Waals surface area contributed by atoms with E-state index in [0.717, 1.165) is 29.4 Å². The van der Waals surface area contributed by atoms with Gasteiger partial charge in [0.05, 0.1) is 35.7 Å². The highest BCUT2D eigenvalue weighted by molar-refractivity contribution is 6.21. The van der Waals surface area contributed by atoms with Gasteiger partial charge >= 0.3 is 0 Å². The number of hydrogen-bond donors (Lipinski definition) is 1. The SMILES string of the molecule is O=C(C/C=C1\CC(Cl)C2OCCOC2C1)Nn1cnc2ccccc21. The van der Waals surface area contributed by atoms with Gasteiger partial charge in [0.15, 0.2) is 0 Å². The smallest absolute Gasteiger partial charge is 0.242 e. The van der Waals surface area contributed by atoms with Crippen LogP contribution < -0.4 is 5.43 Å². The molecule has 2 aromatic rings. The number of benzene rings is 1. The predicted molar refractivity (Wildman–Crippen MR) is 95.2 cm³/mol. The van der Waals surface area contributed by atoms with Gasteiger partial charge in [0.2, 0.25) is 5.91 Å². The van der Waals surface area contributed by atoms with E-state index in [0.29, 0.717) is 19.6 Å². The molecule has 1 N–H and O–H groups in total. The zero-order valence-corrected chi connectivity index (χ0v) is 14.5. The molecule has 132 valence electrons. The van der Waals surface area contributed by atoms with Gasteiger partial charge in [-0.3, -0.25) is 10.2 Å². The highest BCUT2D eigenvalue weighted by Crippen LogP contribution is 2.33. The second-order valence-electron chi connectivity index (χ2n) is 6.37. The summed E-state index contributed by atoms with van der Waals surface area (Å²) in [6, 6.07) is 7.66. The quantitative estimate of drug-likeness (QED) is 0.674. The van der Waals surface area contributed by atoms with Crippen molar-refractivity contribution in [1.29, 1.82) is 0 Å². The summed E-state index contributed by atoms with van der Waals surface area (Å²) in [6.45, 7) is 1.21. The van der Waals surface area contributed by atoms with Crippen LogP contribution in [0.1, 0.15) is 19.3 Å². The third-order valence-corrected chi connectivity index (χ3v) is 5.05. The number of para-hydroxylation sites is 2. The van der Waals surface area contributed by atoms with Crippen LogP contribution >= 0.6 is 11.6 Å². The lowest BCUT2D eigenvalue weighted by atomic mass is 9.88. The largest absolute Gasteiger partial charge is 0.373 e. The highest BCUT2D eigenvalue weighted by Gasteiger charge is 2.37. The molecule has 1 saturated carbocycles. The third kappa shape index (κ3) is 3.56. The minimum Gasteiger partial charge on any atom is -0.373 e. The standard InChI is InChI=1S/C18H20ClN3O3/c19-13-9-12(10-16-18(13)25-8-7-24-16)5-6-17(23)21-22-11-20-14-3-1-2-4-15(14)22/h1-5,11,13,16,18H,6-10H2,(H,21,23)/b12-5+. The summed E-state index contributed by atoms with van der Waals surface area (Å²) in [5, 5.41) is -0.106. The number of carbonyl (C=O) groups excluding carboxylic acids is 1. The lowest BCUT2D eigenvalue weighted by molar-refractivity contribution is -0.145. The fourth-order valence-electron chi connectivity index (χ4n) is 3.44. The zero-order valence-electron chi connectivity index (χ0n) is 13.7. The number of carbonyl (C=O) groups is 1. The Balaban J connectivity index is 1.38. The maximum absolute atomic E-state index is 12.3. The maximum atomic E-state index is 12.3. The molecule has 0 spiro atoms. The van der Waals surface area contributed by atoms with E-state index in [1.807, 2.05) is 30.3 Å². The van der Waals surface area contributed by atoms with Crippen molar-refractivity contribution in [2.24, 2.45) is 0 Å². The Kier molecular flexibility index (Phi) is 4.74. The van der Waals surface area contributed by atoms with Gasteiger partial charge in [-0.15, -0.1) is 11.6 Å². The second kappa shape index (κ2) is 7.15. The van der Waals surface area contributed by atoms with Gasteiger partial charge in [0.25, 0.3) is 0 Å². The first kappa shape index (κ1) is 16.6. The van der Waals surface area contributed by atoms with Gasteiger partial charge in [0, 0.05) is 6.42 Å². The Labute approximate surface area is 150 Å². The summed E-state index contributed by atoms with van der Waals surface area (Å²) in [5.74, 6) is -0.0929. The van der Waals surface area contributed by atoms with Crippen molar-refractivity contribution in [3.05, 3.63) is 42.2 Å². The Bertz CT molecular complexity index is 804. The van der Waals surface area contributed by atoms with Crippen LogP contribution in [0.15, 0.2) is 42.2 Å². The Morgan fingerprint density at radius 3 is 3.08 bits per heavy atom. The lowest BCUT2D eigenvalue weighted by Crippen LogP contribution is -2.47. The van der Waals surface area contributed by atoms with Crippen molar-refractivity contribution in [2.45, 2.75) is 36.8 Å². The number of ether oxygens (including phenoxy) is 2. The molecule has 3 unspecified atom stereocenters. The number of amides is 1. The Morgan fingerprint density at radius 2 is 2.16 bits per heavy atom. The molecule has 7 heteroatoms. The number of nitrogens with one attached hydrogen (secondary N) is 1. The Morgan fingerprint density at radius 1 is 1.32 bits per heavy atom. The molecular formula is C18H20ClN3O3. The van der Waals surface area contributed by atoms with Crippen LogP contribution in [0.25, 0.3) is 11.0 Å². The molecule has 25 heavy (non-hydrogen) atoms. The summed E-state index contributed by atoms with van der Waals surface area (Å²) in [7, 11) is 0. The van der Waals surface area contributed by atoms with Crippen molar-refractivity contribution >= 4 is 28.5 Å². The number of imidazole rings is 1. The van der Waals surface area contributed by atoms with Crippen LogP contribution in [-0.2, 0) is 14.3 Å². The van der Waals surface area contributed by atoms with Crippen LogP contribution in [0.5, 0.6) is 0 Å². The predicted octanol–water partition coefficient (Wildman–Crippen LogP) is 2.61. The Hall–Kier alpha value is -1.89. The van der Waals surface area contributed by atoms with E-state index in [-0.39, 0.29) is 23.5 Å². The van der Waals surface area contributed by atoms with Crippen molar-refractivity contribution < 1.29 is 14.3 Å². The van der Waals surface area contributed by atoms with Crippen molar-refractivity contribution in [1.82, 2.24) is 9.66 Å². The minimum atomic E-state index is -0.106. The van der Waals surface area contributed by atoms with Crippen LogP contribution in [0.3, 0.4) is 0 Å². The van der Waals surface area contributed by atoms with Crippen LogP contribution in [-0.4, -0.2) is 46.4 Å². The average Bonchev–Trinajstić information content (AvgIpc) is 3.03. The molecule has 4 rings (SSSR count). The van der Waals surface area contributed by atoms with Gasteiger partial charge in [-0.2, -0.15) is 0 Å². The van der Waals surface area contributed by atoms with Crippen molar-refractivity contribution in [3.63, 3.8) is 0 Å². The number of fused-ring (bicyclic) bond motifs is 2. The van der Waals surface area contributed by atoms with Gasteiger partial charge < -0.3 is 9.47 Å². The molecule has 0 bridgehead atoms. The van der Waals surface area contributed by atoms with E-state index < -0.39 is 0 Å². The molecule has 2 heterocycles. The molecule has 2 fully saturated rings. The van der Waals surface area contributed by atoms with Gasteiger partial charge in [-0.1, -0.05) is 23.8 Å². The number of alkyl halides is 1. The third-order valence-electron chi connectivity index (χ3n) is 4.64. The molecule has 1 aliphatic heterocycles. The van der Waals surface area contributed by atoms with E-state index >= 15 is 0 Å². The first-order valence-electron chi connectivity index (χ1n) is 8.48. The van der Waals surface area contributed by atoms with Crippen LogP contribution in [0, 0.1) is 0 Å². The number of halogens is 1. The first-order chi connectivity index (χ1) is 12.2. The summed E-state index contributed by atoms with van der Waals surface area (Å²) in [4.78, 5) is 16.5. The molecule has 2 aliphatic rings. The van der Waals surface area contributed by atoms with E-state index in [9.17, 15) is 4.79 Å². The van der Waals surface area contributed by atoms with Gasteiger partial charge in [-0.25, -0.2) is 9.66 Å². The fourth-order valence-corrected chi connectivity index (χ4v) is 3.87. The normalized spacial score (nSPS) is 28.0. The topological polar surface area (TPSA) is 65.4 Å². The monoisotopic (exact) mass is 361 g/mol. The second-order valence-corrected chi connectivity index (χ2v) is 6.93. The van der Waals surface area contributed by atoms with Crippen LogP contribution in [0.2, 0.25) is 0 Å². The summed E-state index contributed by atoms with van der Waals surface area (Å²) in [6.07, 6.45) is 5.32. The van der Waals surface area contributed by atoms with E-state index in [1.54, 1.807) is 11.0 Å². The van der Waals surface area contributed by atoms with E-state index in [1.165, 1.54) is 0 Å². The van der Waals surface area contributed by atoms with Crippen molar-refractivity contribution in [3.8, 4) is 0 Å². The number of hydrogen-bond acceptors (Lipinski definition) is 4. The first-order valence-corrected chi connectivity index (χ1v) is 8.91. The van der Waals surface area contributed by atoms with Gasteiger partial charge in [-0.05, 0) is 25.0 Å². The fraction of sp³-hybridized carbons (Fsp3) is 0.444. The van der Waals surface area contributed by atoms with Gasteiger partial charge in [0.1, 0.15) is 12.4 Å². The molecule has 1 aromatic carbocycles. The molecule has 1 saturated heterocycles. The van der Waals surface area contributed by atoms with Crippen molar-refractivity contribution in [2.75, 3.05) is 18.6 Å². The molecule has 0 radical (unpaired) electrons. The van der Waals surface area contributed by atoms with E-state index in [2.05, 4.69) is 10.4 Å². The molecule has 6 nitrogen and oxygen atoms in total. The molecule has 1 amide bonds. The number of rotatable bonds is 3. The lowest BCUT2D eigenvalue weighted by Gasteiger charge is -2.39. The summed E-state index contributed by atoms with van der Waals surface area (Å²) >= 11 is 6.42. The number of aromatic nitrogens is 2. The number of nitrogens with zero attached hydrogens (tertiary/aromatic N) is 2. The molecule has 1 aromatic heterocycles. The van der Waals surface area contributed by atoms with Crippen LogP contribution in [0.4, 0.5) is 0 Å². The molecular weight excluding hydrogens is 342 g/mol. The highest BCUT2D eigenvalue weighted by atomic mass is 35.5. The average molecular weight is 362 g/mol. The maximum Gasteiger partial charge on any atom is 0.242 e. The summed E-state index contributed by atoms with van der Waals surface area (Å²) < 4.78 is 13.1. The van der Waals surface area contributed by atoms with E-state index in [4.69, 9.17) is 21.1 Å². The molecule has 3 atom stereocenters. The summed E-state index contributed by atoms with van der Waals surface area (Å²) in [5.41, 5.74) is 5.72. The zero-order chi connectivity index (χ0) is 17.2. The molecule has 1 aliphatic carbocycles. The minimum absolute atomic E-state index is 0.00287.